The number of carbonyl (C=O) groups is 3. The fraction of sp³-hybridized carbons (Fsp3) is 0.226. The summed E-state index contributed by atoms with van der Waals surface area (Å²) in [7, 11) is 5.80. The molecule has 44 heavy (non-hydrogen) atoms. The third-order valence-corrected chi connectivity index (χ3v) is 7.64. The fourth-order valence-electron chi connectivity index (χ4n) is 4.65. The molecular weight excluding hydrogens is 586 g/mol. The number of hydrogen-bond acceptors (Lipinski definition) is 10. The zero-order valence-electron chi connectivity index (χ0n) is 24.9. The summed E-state index contributed by atoms with van der Waals surface area (Å²) in [6.45, 7) is 2.00. The van der Waals surface area contributed by atoms with Crippen molar-refractivity contribution in [1.29, 1.82) is 0 Å². The summed E-state index contributed by atoms with van der Waals surface area (Å²) in [6, 6.07) is 16.3. The van der Waals surface area contributed by atoms with Gasteiger partial charge in [-0.2, -0.15) is 4.37 Å². The third-order valence-electron chi connectivity index (χ3n) is 6.79. The highest BCUT2D eigenvalue weighted by atomic mass is 32.1. The van der Waals surface area contributed by atoms with E-state index in [9.17, 15) is 14.4 Å². The Kier molecular flexibility index (Phi) is 9.91. The summed E-state index contributed by atoms with van der Waals surface area (Å²) in [4.78, 5) is 42.0. The van der Waals surface area contributed by atoms with Crippen molar-refractivity contribution in [3.63, 3.8) is 0 Å². The number of methoxy groups -OCH3 is 4. The van der Waals surface area contributed by atoms with Gasteiger partial charge in [-0.1, -0.05) is 36.4 Å². The molecule has 1 heterocycles. The van der Waals surface area contributed by atoms with E-state index < -0.39 is 23.8 Å². The van der Waals surface area contributed by atoms with E-state index in [1.807, 2.05) is 37.3 Å². The van der Waals surface area contributed by atoms with E-state index in [1.165, 1.54) is 33.3 Å². The maximum absolute atomic E-state index is 14.5. The first-order chi connectivity index (χ1) is 21.1. The molecule has 0 aliphatic rings. The Bertz CT molecular complexity index is 1650. The molecule has 0 saturated heterocycles. The second-order valence-corrected chi connectivity index (χ2v) is 10.3. The van der Waals surface area contributed by atoms with Crippen LogP contribution >= 0.6 is 11.5 Å². The molecule has 4 rings (SSSR count). The smallest absolute Gasteiger partial charge is 0.273 e. The minimum Gasteiger partial charge on any atom is -0.495 e. The molecule has 13 heteroatoms. The number of nitrogens with one attached hydrogen (secondary N) is 1. The molecule has 1 atom stereocenters. The number of anilines is 2. The van der Waals surface area contributed by atoms with Crippen molar-refractivity contribution < 1.29 is 33.3 Å². The largest absolute Gasteiger partial charge is 0.495 e. The van der Waals surface area contributed by atoms with E-state index in [4.69, 9.17) is 30.4 Å². The highest BCUT2D eigenvalue weighted by Gasteiger charge is 2.38. The van der Waals surface area contributed by atoms with Gasteiger partial charge in [-0.05, 0) is 59.4 Å². The first-order valence-corrected chi connectivity index (χ1v) is 14.1. The zero-order valence-corrected chi connectivity index (χ0v) is 25.7. The summed E-state index contributed by atoms with van der Waals surface area (Å²) in [5, 5.41) is 2.94. The number of primary amides is 1. The van der Waals surface area contributed by atoms with E-state index in [0.717, 1.165) is 11.1 Å². The van der Waals surface area contributed by atoms with Gasteiger partial charge in [-0.25, -0.2) is 0 Å². The number of nitrogens with two attached hydrogens (primary N) is 2. The summed E-state index contributed by atoms with van der Waals surface area (Å²) in [6.07, 6.45) is 0. The van der Waals surface area contributed by atoms with Crippen LogP contribution in [0.1, 0.15) is 42.9 Å². The van der Waals surface area contributed by atoms with Crippen LogP contribution in [-0.2, 0) is 11.3 Å². The van der Waals surface area contributed by atoms with Gasteiger partial charge in [0.25, 0.3) is 11.8 Å². The molecule has 0 aliphatic carbocycles. The Morgan fingerprint density at radius 2 is 1.55 bits per heavy atom. The number of nitrogens with zero attached hydrogens (tertiary/aromatic N) is 2. The van der Waals surface area contributed by atoms with E-state index in [2.05, 4.69) is 9.69 Å². The molecule has 4 aromatic rings. The molecule has 12 nitrogen and oxygen atoms in total. The SMILES string of the molecule is COc1ccc(C)cc1N(C(=O)c1snc(C(N)=O)c1N)[C@H](C(=O)NCc1ccccc1)c1cc(OC)c(OC)c(OC)c1. The Labute approximate surface area is 258 Å². The Balaban J connectivity index is 2.00. The summed E-state index contributed by atoms with van der Waals surface area (Å²) >= 11 is 0.700. The number of nitrogen functional groups attached to an aromatic ring is 1. The molecule has 0 bridgehead atoms. The molecule has 0 radical (unpaired) electrons. The summed E-state index contributed by atoms with van der Waals surface area (Å²) < 4.78 is 26.3. The van der Waals surface area contributed by atoms with E-state index in [-0.39, 0.29) is 40.0 Å². The lowest BCUT2D eigenvalue weighted by Crippen LogP contribution is -2.44. The van der Waals surface area contributed by atoms with Gasteiger partial charge in [0, 0.05) is 6.54 Å². The van der Waals surface area contributed by atoms with Gasteiger partial charge >= 0.3 is 0 Å². The van der Waals surface area contributed by atoms with Crippen molar-refractivity contribution in [2.75, 3.05) is 39.1 Å². The molecule has 0 aliphatic heterocycles. The van der Waals surface area contributed by atoms with Crippen LogP contribution in [0.3, 0.4) is 0 Å². The molecule has 0 fully saturated rings. The van der Waals surface area contributed by atoms with Crippen molar-refractivity contribution in [3.8, 4) is 23.0 Å². The van der Waals surface area contributed by atoms with Gasteiger partial charge in [-0.3, -0.25) is 19.3 Å². The number of benzene rings is 3. The standard InChI is InChI=1S/C31H33N5O7S/c1-17-11-12-21(40-2)20(13-17)36(31(39)28-24(32)25(29(33)37)35-44-28)26(30(38)34-16-18-9-7-6-8-10-18)19-14-22(41-3)27(43-5)23(15-19)42-4/h6-15,26H,16,32H2,1-5H3,(H2,33,37)(H,34,38)/t26-/m0/s1. The topological polar surface area (TPSA) is 168 Å². The average molecular weight is 620 g/mol. The van der Waals surface area contributed by atoms with Crippen LogP contribution in [0.25, 0.3) is 0 Å². The van der Waals surface area contributed by atoms with Gasteiger partial charge in [0.15, 0.2) is 17.2 Å². The Hall–Kier alpha value is -5.30. The molecule has 230 valence electrons. The van der Waals surface area contributed by atoms with Crippen LogP contribution in [0, 0.1) is 6.92 Å². The predicted octanol–water partition coefficient (Wildman–Crippen LogP) is 3.87. The van der Waals surface area contributed by atoms with Gasteiger partial charge in [0.2, 0.25) is 11.7 Å². The number of ether oxygens (including phenoxy) is 4. The van der Waals surface area contributed by atoms with Crippen LogP contribution < -0.4 is 40.6 Å². The minimum atomic E-state index is -1.34. The number of hydrogen-bond donors (Lipinski definition) is 3. The molecule has 0 unspecified atom stereocenters. The van der Waals surface area contributed by atoms with E-state index >= 15 is 0 Å². The Morgan fingerprint density at radius 1 is 0.909 bits per heavy atom. The van der Waals surface area contributed by atoms with Crippen LogP contribution in [0.2, 0.25) is 0 Å². The molecule has 0 saturated carbocycles. The van der Waals surface area contributed by atoms with Gasteiger partial charge in [-0.15, -0.1) is 0 Å². The zero-order chi connectivity index (χ0) is 32.0. The van der Waals surface area contributed by atoms with Crippen LogP contribution in [0.15, 0.2) is 60.7 Å². The van der Waals surface area contributed by atoms with Gasteiger partial charge < -0.3 is 35.7 Å². The van der Waals surface area contributed by atoms with Crippen molar-refractivity contribution in [3.05, 3.63) is 87.9 Å². The maximum atomic E-state index is 14.5. The molecule has 0 spiro atoms. The lowest BCUT2D eigenvalue weighted by Gasteiger charge is -2.33. The van der Waals surface area contributed by atoms with Gasteiger partial charge in [0.1, 0.15) is 16.7 Å². The fourth-order valence-corrected chi connectivity index (χ4v) is 5.39. The maximum Gasteiger partial charge on any atom is 0.273 e. The molecular formula is C31H33N5O7S. The second kappa shape index (κ2) is 13.8. The molecule has 3 amide bonds. The predicted molar refractivity (Wildman–Crippen MR) is 167 cm³/mol. The van der Waals surface area contributed by atoms with E-state index in [0.29, 0.717) is 28.6 Å². The Morgan fingerprint density at radius 3 is 2.09 bits per heavy atom. The molecule has 5 N–H and O–H groups in total. The van der Waals surface area contributed by atoms with Crippen LogP contribution in [-0.4, -0.2) is 50.5 Å². The monoisotopic (exact) mass is 619 g/mol. The van der Waals surface area contributed by atoms with Crippen molar-refractivity contribution in [1.82, 2.24) is 9.69 Å². The quantitative estimate of drug-likeness (QED) is 0.213. The normalized spacial score (nSPS) is 11.3. The number of carbonyl (C=O) groups excluding carboxylic acids is 3. The van der Waals surface area contributed by atoms with Crippen LogP contribution in [0.4, 0.5) is 11.4 Å². The van der Waals surface area contributed by atoms with E-state index in [1.54, 1.807) is 30.3 Å². The minimum absolute atomic E-state index is 0.0874. The number of amides is 3. The summed E-state index contributed by atoms with van der Waals surface area (Å²) in [5.41, 5.74) is 13.4. The molecule has 1 aromatic heterocycles. The number of rotatable bonds is 12. The first-order valence-electron chi connectivity index (χ1n) is 13.3. The van der Waals surface area contributed by atoms with Crippen molar-refractivity contribution in [2.45, 2.75) is 19.5 Å². The highest BCUT2D eigenvalue weighted by molar-refractivity contribution is 7.09. The lowest BCUT2D eigenvalue weighted by molar-refractivity contribution is -0.122. The number of aromatic nitrogens is 1. The third kappa shape index (κ3) is 6.37. The second-order valence-electron chi connectivity index (χ2n) is 9.55. The van der Waals surface area contributed by atoms with Crippen molar-refractivity contribution in [2.24, 2.45) is 5.73 Å². The average Bonchev–Trinajstić information content (AvgIpc) is 3.43. The van der Waals surface area contributed by atoms with Crippen LogP contribution in [0.5, 0.6) is 23.0 Å². The van der Waals surface area contributed by atoms with Crippen molar-refractivity contribution >= 4 is 40.6 Å². The van der Waals surface area contributed by atoms with Gasteiger partial charge in [0.05, 0.1) is 39.8 Å². The number of aryl methyl sites for hydroxylation is 1. The highest BCUT2D eigenvalue weighted by Crippen LogP contribution is 2.44. The first kappa shape index (κ1) is 31.6. The summed E-state index contributed by atoms with van der Waals surface area (Å²) in [5.74, 6) is -1.02. The molecule has 3 aromatic carbocycles. The lowest BCUT2D eigenvalue weighted by atomic mass is 10.00.